The maximum absolute atomic E-state index is 13.2. The van der Waals surface area contributed by atoms with Gasteiger partial charge in [-0.1, -0.05) is 41.9 Å². The van der Waals surface area contributed by atoms with E-state index in [-0.39, 0.29) is 11.9 Å². The first-order valence-electron chi connectivity index (χ1n) is 8.72. The standard InChI is InChI=1S/C21H21ClN2O/c1-23-12-10-17(11-13-23)24-20-5-3-2-4-18(20)19(21(24)25)14-15-6-8-16(22)9-7-15/h2-9,14,17H,10-13H2,1H3/b19-14-. The van der Waals surface area contributed by atoms with Crippen molar-refractivity contribution in [3.05, 3.63) is 64.7 Å². The van der Waals surface area contributed by atoms with Crippen LogP contribution in [0.1, 0.15) is 24.0 Å². The molecule has 0 unspecified atom stereocenters. The molecule has 2 aromatic rings. The molecule has 128 valence electrons. The molecular formula is C21H21ClN2O. The highest BCUT2D eigenvalue weighted by atomic mass is 35.5. The van der Waals surface area contributed by atoms with Gasteiger partial charge in [0.1, 0.15) is 0 Å². The predicted octanol–water partition coefficient (Wildman–Crippen LogP) is 4.32. The molecule has 2 aromatic carbocycles. The highest BCUT2D eigenvalue weighted by Gasteiger charge is 2.37. The number of hydrogen-bond donors (Lipinski definition) is 0. The maximum Gasteiger partial charge on any atom is 0.259 e. The van der Waals surface area contributed by atoms with E-state index in [9.17, 15) is 4.79 Å². The number of benzene rings is 2. The normalized spacial score (nSPS) is 20.3. The van der Waals surface area contributed by atoms with Crippen molar-refractivity contribution in [3.8, 4) is 0 Å². The van der Waals surface area contributed by atoms with Gasteiger partial charge >= 0.3 is 0 Å². The smallest absolute Gasteiger partial charge is 0.259 e. The molecule has 4 rings (SSSR count). The van der Waals surface area contributed by atoms with Crippen molar-refractivity contribution in [1.29, 1.82) is 0 Å². The van der Waals surface area contributed by atoms with Crippen LogP contribution in [0.5, 0.6) is 0 Å². The van der Waals surface area contributed by atoms with Crippen molar-refractivity contribution in [2.24, 2.45) is 0 Å². The fourth-order valence-corrected chi connectivity index (χ4v) is 3.87. The molecule has 2 aliphatic rings. The average molecular weight is 353 g/mol. The lowest BCUT2D eigenvalue weighted by atomic mass is 10.0. The summed E-state index contributed by atoms with van der Waals surface area (Å²) in [6.07, 6.45) is 4.02. The summed E-state index contributed by atoms with van der Waals surface area (Å²) in [6, 6.07) is 16.0. The zero-order chi connectivity index (χ0) is 17.4. The van der Waals surface area contributed by atoms with Gasteiger partial charge in [-0.2, -0.15) is 0 Å². The summed E-state index contributed by atoms with van der Waals surface area (Å²) in [5.41, 5.74) is 3.84. The van der Waals surface area contributed by atoms with Gasteiger partial charge in [0.25, 0.3) is 5.91 Å². The van der Waals surface area contributed by atoms with Crippen molar-refractivity contribution in [2.45, 2.75) is 18.9 Å². The number of halogens is 1. The zero-order valence-electron chi connectivity index (χ0n) is 14.3. The van der Waals surface area contributed by atoms with Crippen molar-refractivity contribution < 1.29 is 4.79 Å². The molecule has 4 heteroatoms. The van der Waals surface area contributed by atoms with E-state index in [1.54, 1.807) is 0 Å². The number of carbonyl (C=O) groups is 1. The first-order chi connectivity index (χ1) is 12.1. The largest absolute Gasteiger partial charge is 0.306 e. The summed E-state index contributed by atoms with van der Waals surface area (Å²) >= 11 is 5.97. The second-order valence-corrected chi connectivity index (χ2v) is 7.27. The van der Waals surface area contributed by atoms with E-state index in [0.717, 1.165) is 48.3 Å². The molecule has 0 N–H and O–H groups in total. The minimum Gasteiger partial charge on any atom is -0.306 e. The van der Waals surface area contributed by atoms with Gasteiger partial charge < -0.3 is 9.80 Å². The third-order valence-electron chi connectivity index (χ3n) is 5.14. The minimum absolute atomic E-state index is 0.116. The van der Waals surface area contributed by atoms with Gasteiger partial charge in [-0.15, -0.1) is 0 Å². The van der Waals surface area contributed by atoms with E-state index in [1.165, 1.54) is 0 Å². The summed E-state index contributed by atoms with van der Waals surface area (Å²) in [5, 5.41) is 0.702. The lowest BCUT2D eigenvalue weighted by Crippen LogP contribution is -2.45. The molecule has 0 aliphatic carbocycles. The van der Waals surface area contributed by atoms with Crippen LogP contribution in [0.25, 0.3) is 11.6 Å². The molecule has 1 saturated heterocycles. The minimum atomic E-state index is 0.116. The summed E-state index contributed by atoms with van der Waals surface area (Å²) in [5.74, 6) is 0.116. The molecule has 1 amide bonds. The number of carbonyl (C=O) groups excluding carboxylic acids is 1. The number of anilines is 1. The lowest BCUT2D eigenvalue weighted by Gasteiger charge is -2.35. The predicted molar refractivity (Wildman–Crippen MR) is 104 cm³/mol. The van der Waals surface area contributed by atoms with Crippen LogP contribution in [0.15, 0.2) is 48.5 Å². The Bertz CT molecular complexity index is 820. The number of amides is 1. The molecule has 0 atom stereocenters. The summed E-state index contributed by atoms with van der Waals surface area (Å²) in [6.45, 7) is 2.07. The van der Waals surface area contributed by atoms with Crippen LogP contribution >= 0.6 is 11.6 Å². The van der Waals surface area contributed by atoms with Crippen molar-refractivity contribution in [2.75, 3.05) is 25.0 Å². The molecule has 0 bridgehead atoms. The monoisotopic (exact) mass is 352 g/mol. The van der Waals surface area contributed by atoms with E-state index in [1.807, 2.05) is 53.4 Å². The number of para-hydroxylation sites is 1. The van der Waals surface area contributed by atoms with Crippen LogP contribution in [0.2, 0.25) is 5.02 Å². The Hall–Kier alpha value is -2.10. The second kappa shape index (κ2) is 6.66. The molecular weight excluding hydrogens is 332 g/mol. The lowest BCUT2D eigenvalue weighted by molar-refractivity contribution is -0.113. The van der Waals surface area contributed by atoms with Crippen LogP contribution < -0.4 is 4.90 Å². The molecule has 0 radical (unpaired) electrons. The van der Waals surface area contributed by atoms with Crippen LogP contribution in [-0.4, -0.2) is 37.0 Å². The van der Waals surface area contributed by atoms with E-state index >= 15 is 0 Å². The molecule has 0 saturated carbocycles. The maximum atomic E-state index is 13.2. The van der Waals surface area contributed by atoms with E-state index in [4.69, 9.17) is 11.6 Å². The van der Waals surface area contributed by atoms with Crippen molar-refractivity contribution >= 4 is 34.8 Å². The quantitative estimate of drug-likeness (QED) is 0.751. The number of piperidine rings is 1. The number of fused-ring (bicyclic) bond motifs is 1. The fourth-order valence-electron chi connectivity index (χ4n) is 3.75. The van der Waals surface area contributed by atoms with Gasteiger partial charge in [-0.3, -0.25) is 4.79 Å². The molecule has 3 nitrogen and oxygen atoms in total. The topological polar surface area (TPSA) is 23.6 Å². The Morgan fingerprint density at radius 2 is 1.72 bits per heavy atom. The summed E-state index contributed by atoms with van der Waals surface area (Å²) < 4.78 is 0. The fraction of sp³-hybridized carbons (Fsp3) is 0.286. The van der Waals surface area contributed by atoms with Gasteiger partial charge in [-0.05, 0) is 62.8 Å². The second-order valence-electron chi connectivity index (χ2n) is 6.84. The van der Waals surface area contributed by atoms with Crippen LogP contribution in [-0.2, 0) is 4.79 Å². The molecule has 1 fully saturated rings. The Kier molecular flexibility index (Phi) is 4.36. The summed E-state index contributed by atoms with van der Waals surface area (Å²) in [4.78, 5) is 17.6. The molecule has 0 aromatic heterocycles. The zero-order valence-corrected chi connectivity index (χ0v) is 15.0. The first kappa shape index (κ1) is 16.4. The van der Waals surface area contributed by atoms with Crippen molar-refractivity contribution in [1.82, 2.24) is 4.90 Å². The Balaban J connectivity index is 1.72. The number of nitrogens with zero attached hydrogens (tertiary/aromatic N) is 2. The highest BCUT2D eigenvalue weighted by molar-refractivity contribution is 6.36. The SMILES string of the molecule is CN1CCC(N2C(=O)/C(=C\c3ccc(Cl)cc3)c3ccccc32)CC1. The van der Waals surface area contributed by atoms with Gasteiger partial charge in [0.2, 0.25) is 0 Å². The highest BCUT2D eigenvalue weighted by Crippen LogP contribution is 2.40. The molecule has 2 aliphatic heterocycles. The van der Waals surface area contributed by atoms with Crippen LogP contribution in [0.4, 0.5) is 5.69 Å². The first-order valence-corrected chi connectivity index (χ1v) is 9.10. The van der Waals surface area contributed by atoms with Gasteiger partial charge in [0, 0.05) is 22.2 Å². The van der Waals surface area contributed by atoms with Crippen molar-refractivity contribution in [3.63, 3.8) is 0 Å². The third-order valence-corrected chi connectivity index (χ3v) is 5.39. The van der Waals surface area contributed by atoms with E-state index < -0.39 is 0 Å². The van der Waals surface area contributed by atoms with E-state index in [0.29, 0.717) is 5.02 Å². The molecule has 0 spiro atoms. The number of hydrogen-bond acceptors (Lipinski definition) is 2. The molecule has 2 heterocycles. The number of rotatable bonds is 2. The van der Waals surface area contributed by atoms with E-state index in [2.05, 4.69) is 18.0 Å². The Morgan fingerprint density at radius 1 is 1.04 bits per heavy atom. The van der Waals surface area contributed by atoms with Gasteiger partial charge in [-0.25, -0.2) is 0 Å². The average Bonchev–Trinajstić information content (AvgIpc) is 2.90. The Labute approximate surface area is 153 Å². The van der Waals surface area contributed by atoms with Gasteiger partial charge in [0.15, 0.2) is 0 Å². The Morgan fingerprint density at radius 3 is 2.44 bits per heavy atom. The van der Waals surface area contributed by atoms with Crippen LogP contribution in [0.3, 0.4) is 0 Å². The molecule has 25 heavy (non-hydrogen) atoms. The summed E-state index contributed by atoms with van der Waals surface area (Å²) in [7, 11) is 2.14. The number of likely N-dealkylation sites (tertiary alicyclic amines) is 1. The van der Waals surface area contributed by atoms with Crippen LogP contribution in [0, 0.1) is 0 Å². The third kappa shape index (κ3) is 3.10. The van der Waals surface area contributed by atoms with Gasteiger partial charge in [0.05, 0.1) is 5.69 Å².